The number of methoxy groups -OCH3 is 1. The molecule has 0 radical (unpaired) electrons. The molecule has 112 valence electrons. The standard InChI is InChI=1S/C14H23N3O3/c1-10(2)8-14(3,9-15)16-11-6-5-7-12(20-4)13(11)17(18)19/h5-7,10,16H,8-9,15H2,1-4H3. The van der Waals surface area contributed by atoms with Crippen LogP contribution in [0.4, 0.5) is 11.4 Å². The summed E-state index contributed by atoms with van der Waals surface area (Å²) in [4.78, 5) is 10.8. The molecule has 1 aromatic carbocycles. The van der Waals surface area contributed by atoms with Gasteiger partial charge in [-0.3, -0.25) is 10.1 Å². The molecule has 0 aliphatic heterocycles. The Morgan fingerprint density at radius 3 is 2.60 bits per heavy atom. The van der Waals surface area contributed by atoms with Crippen LogP contribution in [0.2, 0.25) is 0 Å². The maximum absolute atomic E-state index is 11.3. The van der Waals surface area contributed by atoms with E-state index in [-0.39, 0.29) is 11.4 Å². The predicted octanol–water partition coefficient (Wildman–Crippen LogP) is 2.78. The first kappa shape index (κ1) is 16.2. The van der Waals surface area contributed by atoms with E-state index in [1.807, 2.05) is 6.92 Å². The van der Waals surface area contributed by atoms with Gasteiger partial charge >= 0.3 is 5.69 Å². The molecule has 0 fully saturated rings. The summed E-state index contributed by atoms with van der Waals surface area (Å²) in [6.07, 6.45) is 0.817. The lowest BCUT2D eigenvalue weighted by molar-refractivity contribution is -0.384. The molecular formula is C14H23N3O3. The lowest BCUT2D eigenvalue weighted by atomic mass is 9.90. The van der Waals surface area contributed by atoms with E-state index in [9.17, 15) is 10.1 Å². The van der Waals surface area contributed by atoms with Crippen LogP contribution >= 0.6 is 0 Å². The van der Waals surface area contributed by atoms with Crippen molar-refractivity contribution in [2.24, 2.45) is 11.7 Å². The van der Waals surface area contributed by atoms with Crippen molar-refractivity contribution in [3.63, 3.8) is 0 Å². The lowest BCUT2D eigenvalue weighted by Gasteiger charge is -2.32. The Hall–Kier alpha value is -1.82. The highest BCUT2D eigenvalue weighted by Crippen LogP contribution is 2.36. The van der Waals surface area contributed by atoms with Crippen molar-refractivity contribution in [1.82, 2.24) is 0 Å². The maximum atomic E-state index is 11.3. The van der Waals surface area contributed by atoms with Crippen LogP contribution in [0.5, 0.6) is 5.75 Å². The van der Waals surface area contributed by atoms with E-state index in [0.29, 0.717) is 18.2 Å². The third-order valence-corrected chi connectivity index (χ3v) is 3.15. The van der Waals surface area contributed by atoms with Crippen LogP contribution in [0.3, 0.4) is 0 Å². The van der Waals surface area contributed by atoms with Crippen molar-refractivity contribution in [2.45, 2.75) is 32.7 Å². The molecule has 0 spiro atoms. The molecule has 20 heavy (non-hydrogen) atoms. The van der Waals surface area contributed by atoms with Crippen LogP contribution in [0, 0.1) is 16.0 Å². The van der Waals surface area contributed by atoms with Crippen molar-refractivity contribution < 1.29 is 9.66 Å². The van der Waals surface area contributed by atoms with Gasteiger partial charge in [0, 0.05) is 12.1 Å². The van der Waals surface area contributed by atoms with E-state index in [1.165, 1.54) is 7.11 Å². The van der Waals surface area contributed by atoms with Gasteiger partial charge in [0.1, 0.15) is 5.69 Å². The molecule has 0 aromatic heterocycles. The van der Waals surface area contributed by atoms with Gasteiger partial charge in [-0.1, -0.05) is 19.9 Å². The fourth-order valence-corrected chi connectivity index (χ4v) is 2.39. The fraction of sp³-hybridized carbons (Fsp3) is 0.571. The zero-order chi connectivity index (χ0) is 15.3. The Morgan fingerprint density at radius 2 is 2.15 bits per heavy atom. The molecule has 6 nitrogen and oxygen atoms in total. The first-order chi connectivity index (χ1) is 9.33. The van der Waals surface area contributed by atoms with E-state index >= 15 is 0 Å². The second-order valence-corrected chi connectivity index (χ2v) is 5.60. The number of nitro benzene ring substituents is 1. The van der Waals surface area contributed by atoms with Crippen molar-refractivity contribution in [2.75, 3.05) is 19.0 Å². The molecule has 1 atom stereocenters. The molecule has 1 aromatic rings. The number of nitrogens with one attached hydrogen (secondary N) is 1. The SMILES string of the molecule is COc1cccc(NC(C)(CN)CC(C)C)c1[N+](=O)[O-]. The summed E-state index contributed by atoms with van der Waals surface area (Å²) in [5, 5.41) is 14.5. The van der Waals surface area contributed by atoms with Gasteiger partial charge in [-0.05, 0) is 31.4 Å². The number of rotatable bonds is 7. The zero-order valence-corrected chi connectivity index (χ0v) is 12.5. The normalized spacial score (nSPS) is 13.9. The van der Waals surface area contributed by atoms with Crippen LogP contribution in [0.25, 0.3) is 0 Å². The largest absolute Gasteiger partial charge is 0.490 e. The summed E-state index contributed by atoms with van der Waals surface area (Å²) < 4.78 is 5.06. The quantitative estimate of drug-likeness (QED) is 0.592. The van der Waals surface area contributed by atoms with Gasteiger partial charge in [0.2, 0.25) is 0 Å². The molecule has 0 amide bonds. The minimum absolute atomic E-state index is 0.0570. The number of hydrogen-bond acceptors (Lipinski definition) is 5. The van der Waals surface area contributed by atoms with Crippen molar-refractivity contribution in [1.29, 1.82) is 0 Å². The van der Waals surface area contributed by atoms with E-state index in [0.717, 1.165) is 6.42 Å². The second-order valence-electron chi connectivity index (χ2n) is 5.60. The number of hydrogen-bond donors (Lipinski definition) is 2. The lowest BCUT2D eigenvalue weighted by Crippen LogP contribution is -2.43. The average molecular weight is 281 g/mol. The molecule has 0 saturated heterocycles. The molecule has 0 saturated carbocycles. The molecule has 0 aliphatic carbocycles. The first-order valence-corrected chi connectivity index (χ1v) is 6.62. The van der Waals surface area contributed by atoms with Gasteiger partial charge in [0.15, 0.2) is 5.75 Å². The molecule has 1 rings (SSSR count). The summed E-state index contributed by atoms with van der Waals surface area (Å²) in [5.41, 5.74) is 5.82. The first-order valence-electron chi connectivity index (χ1n) is 6.62. The maximum Gasteiger partial charge on any atom is 0.333 e. The fourth-order valence-electron chi connectivity index (χ4n) is 2.39. The topological polar surface area (TPSA) is 90.4 Å². The average Bonchev–Trinajstić information content (AvgIpc) is 2.37. The Morgan fingerprint density at radius 1 is 1.50 bits per heavy atom. The molecule has 1 unspecified atom stereocenters. The number of ether oxygens (including phenoxy) is 1. The Kier molecular flexibility index (Phi) is 5.33. The van der Waals surface area contributed by atoms with Crippen LogP contribution in [-0.4, -0.2) is 24.1 Å². The van der Waals surface area contributed by atoms with Gasteiger partial charge < -0.3 is 15.8 Å². The van der Waals surface area contributed by atoms with Crippen LogP contribution < -0.4 is 15.8 Å². The van der Waals surface area contributed by atoms with Gasteiger partial charge in [-0.15, -0.1) is 0 Å². The zero-order valence-electron chi connectivity index (χ0n) is 12.5. The number of benzene rings is 1. The van der Waals surface area contributed by atoms with Crippen LogP contribution in [-0.2, 0) is 0 Å². The highest BCUT2D eigenvalue weighted by atomic mass is 16.6. The minimum Gasteiger partial charge on any atom is -0.490 e. The number of anilines is 1. The van der Waals surface area contributed by atoms with Crippen LogP contribution in [0.15, 0.2) is 18.2 Å². The third kappa shape index (κ3) is 3.84. The molecule has 0 heterocycles. The number of nitrogens with two attached hydrogens (primary N) is 1. The molecular weight excluding hydrogens is 258 g/mol. The van der Waals surface area contributed by atoms with Crippen LogP contribution in [0.1, 0.15) is 27.2 Å². The Bertz CT molecular complexity index is 477. The summed E-state index contributed by atoms with van der Waals surface area (Å²) >= 11 is 0. The molecule has 0 aliphatic rings. The summed E-state index contributed by atoms with van der Waals surface area (Å²) in [6.45, 7) is 6.54. The van der Waals surface area contributed by atoms with E-state index in [2.05, 4.69) is 19.2 Å². The van der Waals surface area contributed by atoms with E-state index in [4.69, 9.17) is 10.5 Å². The minimum atomic E-state index is -0.437. The third-order valence-electron chi connectivity index (χ3n) is 3.15. The molecule has 3 N–H and O–H groups in total. The summed E-state index contributed by atoms with van der Waals surface area (Å²) in [5.74, 6) is 0.671. The highest BCUT2D eigenvalue weighted by Gasteiger charge is 2.28. The van der Waals surface area contributed by atoms with Crippen molar-refractivity contribution in [3.05, 3.63) is 28.3 Å². The number of para-hydroxylation sites is 1. The summed E-state index contributed by atoms with van der Waals surface area (Å²) in [7, 11) is 1.42. The van der Waals surface area contributed by atoms with Gasteiger partial charge in [0.25, 0.3) is 0 Å². The Balaban J connectivity index is 3.16. The summed E-state index contributed by atoms with van der Waals surface area (Å²) in [6, 6.07) is 4.97. The highest BCUT2D eigenvalue weighted by molar-refractivity contribution is 5.69. The smallest absolute Gasteiger partial charge is 0.333 e. The monoisotopic (exact) mass is 281 g/mol. The molecule has 6 heteroatoms. The van der Waals surface area contributed by atoms with Gasteiger partial charge in [0.05, 0.1) is 12.0 Å². The van der Waals surface area contributed by atoms with Gasteiger partial charge in [-0.25, -0.2) is 0 Å². The van der Waals surface area contributed by atoms with Crippen molar-refractivity contribution >= 4 is 11.4 Å². The van der Waals surface area contributed by atoms with Crippen molar-refractivity contribution in [3.8, 4) is 5.75 Å². The van der Waals surface area contributed by atoms with E-state index in [1.54, 1.807) is 18.2 Å². The van der Waals surface area contributed by atoms with Gasteiger partial charge in [-0.2, -0.15) is 0 Å². The number of nitro groups is 1. The molecule has 0 bridgehead atoms. The number of nitrogens with zero attached hydrogens (tertiary/aromatic N) is 1. The second kappa shape index (κ2) is 6.56. The Labute approximate surface area is 119 Å². The van der Waals surface area contributed by atoms with E-state index < -0.39 is 10.5 Å². The predicted molar refractivity (Wildman–Crippen MR) is 80.2 cm³/mol.